The standard InChI is InChI=1S/C27H20Br2O2/c1-17-6-15-24-25(16-17)27(31,19-9-13-21(29)14-10-19)23-5-3-2-4-22(23)26(24,30)18-7-11-20(28)12-8-18/h2-16,30-31H,1H3. The Morgan fingerprint density at radius 3 is 1.45 bits per heavy atom. The van der Waals surface area contributed by atoms with Crippen LogP contribution in [0.2, 0.25) is 0 Å². The van der Waals surface area contributed by atoms with E-state index in [9.17, 15) is 10.2 Å². The Morgan fingerprint density at radius 2 is 0.968 bits per heavy atom. The lowest BCUT2D eigenvalue weighted by Crippen LogP contribution is -2.44. The fourth-order valence-electron chi connectivity index (χ4n) is 4.68. The maximum atomic E-state index is 12.4. The molecule has 2 nitrogen and oxygen atoms in total. The molecule has 0 aromatic heterocycles. The molecule has 2 atom stereocenters. The largest absolute Gasteiger partial charge is 0.376 e. The van der Waals surface area contributed by atoms with Crippen molar-refractivity contribution in [3.05, 3.63) is 139 Å². The predicted octanol–water partition coefficient (Wildman–Crippen LogP) is 6.40. The first-order valence-corrected chi connectivity index (χ1v) is 11.6. The molecule has 4 heteroatoms. The monoisotopic (exact) mass is 534 g/mol. The Bertz CT molecular complexity index is 1280. The molecule has 5 rings (SSSR count). The van der Waals surface area contributed by atoms with Gasteiger partial charge in [0.1, 0.15) is 11.2 Å². The highest BCUT2D eigenvalue weighted by molar-refractivity contribution is 9.10. The van der Waals surface area contributed by atoms with Gasteiger partial charge in [-0.05, 0) is 64.6 Å². The lowest BCUT2D eigenvalue weighted by Gasteiger charge is -2.45. The molecular formula is C27H20Br2O2. The van der Waals surface area contributed by atoms with Crippen LogP contribution in [0.3, 0.4) is 0 Å². The van der Waals surface area contributed by atoms with Crippen LogP contribution in [0.15, 0.2) is 99.9 Å². The molecule has 1 aliphatic rings. The van der Waals surface area contributed by atoms with Gasteiger partial charge in [-0.15, -0.1) is 0 Å². The number of halogens is 2. The van der Waals surface area contributed by atoms with Crippen LogP contribution in [0, 0.1) is 6.92 Å². The van der Waals surface area contributed by atoms with Crippen molar-refractivity contribution in [2.45, 2.75) is 18.1 Å². The summed E-state index contributed by atoms with van der Waals surface area (Å²) in [4.78, 5) is 0. The second-order valence-corrected chi connectivity index (χ2v) is 9.86. The van der Waals surface area contributed by atoms with E-state index in [0.29, 0.717) is 22.3 Å². The van der Waals surface area contributed by atoms with Gasteiger partial charge in [-0.2, -0.15) is 0 Å². The molecule has 0 fully saturated rings. The summed E-state index contributed by atoms with van der Waals surface area (Å²) in [6.45, 7) is 2.00. The molecule has 4 aromatic rings. The molecule has 0 saturated carbocycles. The molecule has 2 N–H and O–H groups in total. The molecule has 0 heterocycles. The summed E-state index contributed by atoms with van der Waals surface area (Å²) in [7, 11) is 0. The van der Waals surface area contributed by atoms with Gasteiger partial charge in [0.2, 0.25) is 0 Å². The quantitative estimate of drug-likeness (QED) is 0.311. The van der Waals surface area contributed by atoms with Crippen molar-refractivity contribution in [1.29, 1.82) is 0 Å². The van der Waals surface area contributed by atoms with E-state index in [2.05, 4.69) is 31.9 Å². The van der Waals surface area contributed by atoms with E-state index in [1.165, 1.54) is 0 Å². The average Bonchev–Trinajstić information content (AvgIpc) is 2.78. The van der Waals surface area contributed by atoms with Gasteiger partial charge in [0.15, 0.2) is 0 Å². The lowest BCUT2D eigenvalue weighted by molar-refractivity contribution is 0.0747. The lowest BCUT2D eigenvalue weighted by atomic mass is 9.63. The number of hydrogen-bond donors (Lipinski definition) is 2. The van der Waals surface area contributed by atoms with Gasteiger partial charge in [0.25, 0.3) is 0 Å². The third-order valence-electron chi connectivity index (χ3n) is 6.19. The van der Waals surface area contributed by atoms with Gasteiger partial charge in [-0.3, -0.25) is 0 Å². The summed E-state index contributed by atoms with van der Waals surface area (Å²) in [6.07, 6.45) is 0. The number of benzene rings is 4. The van der Waals surface area contributed by atoms with Crippen molar-refractivity contribution in [1.82, 2.24) is 0 Å². The van der Waals surface area contributed by atoms with Crippen LogP contribution in [0.4, 0.5) is 0 Å². The maximum absolute atomic E-state index is 12.4. The van der Waals surface area contributed by atoms with Crippen LogP contribution in [0.25, 0.3) is 0 Å². The summed E-state index contributed by atoms with van der Waals surface area (Å²) in [5.41, 5.74) is 2.50. The van der Waals surface area contributed by atoms with Crippen molar-refractivity contribution in [2.75, 3.05) is 0 Å². The highest BCUT2D eigenvalue weighted by Crippen LogP contribution is 2.53. The second-order valence-electron chi connectivity index (χ2n) is 8.03. The molecule has 4 aromatic carbocycles. The van der Waals surface area contributed by atoms with Gasteiger partial charge in [-0.1, -0.05) is 104 Å². The zero-order valence-corrected chi connectivity index (χ0v) is 20.0. The van der Waals surface area contributed by atoms with Crippen LogP contribution in [0.1, 0.15) is 38.9 Å². The van der Waals surface area contributed by atoms with Crippen LogP contribution in [0.5, 0.6) is 0 Å². The molecule has 154 valence electrons. The van der Waals surface area contributed by atoms with Gasteiger partial charge < -0.3 is 10.2 Å². The van der Waals surface area contributed by atoms with Crippen molar-refractivity contribution in [2.24, 2.45) is 0 Å². The van der Waals surface area contributed by atoms with E-state index in [-0.39, 0.29) is 0 Å². The van der Waals surface area contributed by atoms with Gasteiger partial charge in [-0.25, -0.2) is 0 Å². The smallest absolute Gasteiger partial charge is 0.141 e. The average molecular weight is 536 g/mol. The zero-order valence-electron chi connectivity index (χ0n) is 16.8. The molecule has 31 heavy (non-hydrogen) atoms. The number of hydrogen-bond acceptors (Lipinski definition) is 2. The van der Waals surface area contributed by atoms with E-state index in [4.69, 9.17) is 0 Å². The Kier molecular flexibility index (Phi) is 4.94. The SMILES string of the molecule is Cc1ccc2c(c1)C(O)(c1ccc(Br)cc1)c1ccccc1C2(O)c1ccc(Br)cc1. The molecule has 0 aliphatic heterocycles. The van der Waals surface area contributed by atoms with E-state index >= 15 is 0 Å². The van der Waals surface area contributed by atoms with Crippen molar-refractivity contribution < 1.29 is 10.2 Å². The first kappa shape index (κ1) is 20.7. The fourth-order valence-corrected chi connectivity index (χ4v) is 5.21. The Labute approximate surface area is 198 Å². The summed E-state index contributed by atoms with van der Waals surface area (Å²) < 4.78 is 1.89. The molecule has 2 unspecified atom stereocenters. The molecule has 0 saturated heterocycles. The minimum absolute atomic E-state index is 0.680. The second kappa shape index (κ2) is 7.42. The minimum atomic E-state index is -1.39. The first-order valence-electron chi connectivity index (χ1n) is 10.0. The number of fused-ring (bicyclic) bond motifs is 2. The van der Waals surface area contributed by atoms with Crippen LogP contribution < -0.4 is 0 Å². The highest BCUT2D eigenvalue weighted by Gasteiger charge is 2.50. The summed E-state index contributed by atoms with van der Waals surface area (Å²) in [6, 6.07) is 29.0. The minimum Gasteiger partial charge on any atom is -0.376 e. The summed E-state index contributed by atoms with van der Waals surface area (Å²) in [5, 5.41) is 24.7. The highest BCUT2D eigenvalue weighted by atomic mass is 79.9. The number of aliphatic hydroxyl groups is 2. The van der Waals surface area contributed by atoms with Crippen molar-refractivity contribution in [3.8, 4) is 0 Å². The topological polar surface area (TPSA) is 40.5 Å². The van der Waals surface area contributed by atoms with E-state index in [1.807, 2.05) is 97.9 Å². The predicted molar refractivity (Wildman–Crippen MR) is 130 cm³/mol. The van der Waals surface area contributed by atoms with Crippen molar-refractivity contribution in [3.63, 3.8) is 0 Å². The van der Waals surface area contributed by atoms with Crippen molar-refractivity contribution >= 4 is 31.9 Å². The molecule has 0 amide bonds. The Balaban J connectivity index is 1.89. The Hall–Kier alpha value is -2.24. The Morgan fingerprint density at radius 1 is 0.548 bits per heavy atom. The molecular weight excluding hydrogens is 516 g/mol. The zero-order chi connectivity index (χ0) is 21.8. The third-order valence-corrected chi connectivity index (χ3v) is 7.24. The van der Waals surface area contributed by atoms with Crippen LogP contribution in [-0.2, 0) is 11.2 Å². The molecule has 0 bridgehead atoms. The summed E-state index contributed by atoms with van der Waals surface area (Å²) in [5.74, 6) is 0. The van der Waals surface area contributed by atoms with E-state index in [1.54, 1.807) is 0 Å². The molecule has 1 aliphatic carbocycles. The molecule has 0 spiro atoms. The number of rotatable bonds is 2. The van der Waals surface area contributed by atoms with Crippen LogP contribution in [-0.4, -0.2) is 10.2 Å². The third kappa shape index (κ3) is 3.05. The van der Waals surface area contributed by atoms with Gasteiger partial charge >= 0.3 is 0 Å². The van der Waals surface area contributed by atoms with E-state index in [0.717, 1.165) is 25.6 Å². The number of aryl methyl sites for hydroxylation is 1. The molecule has 0 radical (unpaired) electrons. The normalized spacial score (nSPS) is 22.0. The van der Waals surface area contributed by atoms with Crippen LogP contribution >= 0.6 is 31.9 Å². The van der Waals surface area contributed by atoms with Gasteiger partial charge in [0, 0.05) is 8.95 Å². The first-order chi connectivity index (χ1) is 14.8. The van der Waals surface area contributed by atoms with Gasteiger partial charge in [0.05, 0.1) is 0 Å². The summed E-state index contributed by atoms with van der Waals surface area (Å²) >= 11 is 6.98. The van der Waals surface area contributed by atoms with E-state index < -0.39 is 11.2 Å². The maximum Gasteiger partial charge on any atom is 0.141 e. The fraction of sp³-hybridized carbons (Fsp3) is 0.111.